The molecule has 146 valence electrons. The monoisotopic (exact) mass is 383 g/mol. The normalized spacial score (nSPS) is 15.1. The number of ether oxygens (including phenoxy) is 1. The molecule has 2 N–H and O–H groups in total. The van der Waals surface area contributed by atoms with Crippen molar-refractivity contribution in [1.82, 2.24) is 0 Å². The van der Waals surface area contributed by atoms with Gasteiger partial charge in [0.15, 0.2) is 0 Å². The molecule has 0 aliphatic carbocycles. The lowest BCUT2D eigenvalue weighted by Gasteiger charge is -2.27. The minimum atomic E-state index is -0.685. The van der Waals surface area contributed by atoms with Crippen LogP contribution in [0.3, 0.4) is 0 Å². The molecule has 1 aliphatic heterocycles. The highest BCUT2D eigenvalue weighted by Crippen LogP contribution is 2.38. The fraction of sp³-hybridized carbons (Fsp3) is 0.238. The van der Waals surface area contributed by atoms with Crippen molar-refractivity contribution < 1.29 is 18.7 Å². The molecule has 0 saturated carbocycles. The Morgan fingerprint density at radius 1 is 1.21 bits per heavy atom. The topological polar surface area (TPSA) is 70.7 Å². The minimum Gasteiger partial charge on any atom is -0.490 e. The number of halogens is 1. The zero-order valence-corrected chi connectivity index (χ0v) is 15.8. The molecule has 0 spiro atoms. The molecule has 0 unspecified atom stereocenters. The largest absolute Gasteiger partial charge is 0.490 e. The Morgan fingerprint density at radius 3 is 2.54 bits per heavy atom. The van der Waals surface area contributed by atoms with E-state index in [1.807, 2.05) is 13.8 Å². The maximum atomic E-state index is 13.0. The summed E-state index contributed by atoms with van der Waals surface area (Å²) in [6.45, 7) is 7.95. The number of anilines is 3. The van der Waals surface area contributed by atoms with Crippen molar-refractivity contribution in [3.63, 3.8) is 0 Å². The molecule has 6 nitrogen and oxygen atoms in total. The van der Waals surface area contributed by atoms with Gasteiger partial charge in [0.2, 0.25) is 5.91 Å². The highest BCUT2D eigenvalue weighted by molar-refractivity contribution is 6.02. The molecule has 0 saturated heterocycles. The third-order valence-electron chi connectivity index (χ3n) is 4.33. The number of fused-ring (bicyclic) bond motifs is 1. The maximum Gasteiger partial charge on any atom is 0.323 e. The Morgan fingerprint density at radius 2 is 1.86 bits per heavy atom. The second-order valence-corrected chi connectivity index (χ2v) is 7.15. The molecule has 1 heterocycles. The number of urea groups is 1. The summed E-state index contributed by atoms with van der Waals surface area (Å²) in [4.78, 5) is 26.7. The van der Waals surface area contributed by atoms with Crippen molar-refractivity contribution in [2.24, 2.45) is 5.41 Å². The van der Waals surface area contributed by atoms with E-state index in [0.29, 0.717) is 29.4 Å². The van der Waals surface area contributed by atoms with Crippen LogP contribution in [-0.4, -0.2) is 25.1 Å². The Kier molecular flexibility index (Phi) is 5.35. The second kappa shape index (κ2) is 7.72. The summed E-state index contributed by atoms with van der Waals surface area (Å²) in [5, 5.41) is 5.33. The van der Waals surface area contributed by atoms with Crippen molar-refractivity contribution in [2.75, 3.05) is 28.7 Å². The number of nitrogens with one attached hydrogen (secondary N) is 2. The number of amides is 3. The number of carbonyl (C=O) groups excluding carboxylic acids is 2. The van der Waals surface area contributed by atoms with Gasteiger partial charge in [-0.05, 0) is 56.3 Å². The summed E-state index contributed by atoms with van der Waals surface area (Å²) in [5.74, 6) is 0.0935. The average Bonchev–Trinajstić information content (AvgIpc) is 2.74. The van der Waals surface area contributed by atoms with E-state index < -0.39 is 11.4 Å². The first-order valence-electron chi connectivity index (χ1n) is 8.83. The summed E-state index contributed by atoms with van der Waals surface area (Å²) in [6, 6.07) is 10.1. The third kappa shape index (κ3) is 4.14. The summed E-state index contributed by atoms with van der Waals surface area (Å²) >= 11 is 0. The zero-order chi connectivity index (χ0) is 20.3. The van der Waals surface area contributed by atoms with Crippen molar-refractivity contribution in [2.45, 2.75) is 13.8 Å². The van der Waals surface area contributed by atoms with Crippen LogP contribution in [0.5, 0.6) is 5.75 Å². The van der Waals surface area contributed by atoms with Gasteiger partial charge in [0.05, 0.1) is 11.1 Å². The quantitative estimate of drug-likeness (QED) is 0.769. The Balaban J connectivity index is 1.82. The molecule has 0 atom stereocenters. The fourth-order valence-electron chi connectivity index (χ4n) is 2.86. The van der Waals surface area contributed by atoms with Gasteiger partial charge in [-0.15, -0.1) is 6.58 Å². The van der Waals surface area contributed by atoms with Crippen molar-refractivity contribution >= 4 is 29.0 Å². The molecule has 0 aromatic heterocycles. The van der Waals surface area contributed by atoms with Crippen LogP contribution in [-0.2, 0) is 4.79 Å². The lowest BCUT2D eigenvalue weighted by atomic mass is 9.93. The van der Waals surface area contributed by atoms with Gasteiger partial charge in [0.1, 0.15) is 18.2 Å². The summed E-state index contributed by atoms with van der Waals surface area (Å²) < 4.78 is 18.8. The summed E-state index contributed by atoms with van der Waals surface area (Å²) in [7, 11) is 0. The molecule has 0 fully saturated rings. The molecular formula is C21H22FN3O3. The van der Waals surface area contributed by atoms with E-state index in [1.165, 1.54) is 24.3 Å². The Hall–Kier alpha value is -3.35. The predicted molar refractivity (Wildman–Crippen MR) is 107 cm³/mol. The van der Waals surface area contributed by atoms with Crippen LogP contribution < -0.4 is 20.3 Å². The van der Waals surface area contributed by atoms with E-state index in [9.17, 15) is 14.0 Å². The highest BCUT2D eigenvalue weighted by Gasteiger charge is 2.37. The minimum absolute atomic E-state index is 0.0842. The number of carbonyl (C=O) groups is 2. The molecule has 3 amide bonds. The molecule has 0 bridgehead atoms. The lowest BCUT2D eigenvalue weighted by Crippen LogP contribution is -2.42. The Bertz CT molecular complexity index is 910. The van der Waals surface area contributed by atoms with E-state index in [0.717, 1.165) is 0 Å². The van der Waals surface area contributed by atoms with Gasteiger partial charge in [0.25, 0.3) is 0 Å². The number of hydrogen-bond acceptors (Lipinski definition) is 3. The summed E-state index contributed by atoms with van der Waals surface area (Å²) in [6.07, 6.45) is 1.64. The highest BCUT2D eigenvalue weighted by atomic mass is 19.1. The molecule has 28 heavy (non-hydrogen) atoms. The van der Waals surface area contributed by atoms with E-state index in [2.05, 4.69) is 17.2 Å². The number of nitrogens with zero attached hydrogens (tertiary/aromatic N) is 1. The predicted octanol–water partition coefficient (Wildman–Crippen LogP) is 4.41. The molecule has 3 rings (SSSR count). The molecule has 0 radical (unpaired) electrons. The number of benzene rings is 2. The van der Waals surface area contributed by atoms with Crippen LogP contribution in [0.4, 0.5) is 26.2 Å². The van der Waals surface area contributed by atoms with E-state index in [1.54, 1.807) is 29.2 Å². The molecular weight excluding hydrogens is 361 g/mol. The van der Waals surface area contributed by atoms with Crippen molar-refractivity contribution in [1.29, 1.82) is 0 Å². The fourth-order valence-corrected chi connectivity index (χ4v) is 2.86. The van der Waals surface area contributed by atoms with Gasteiger partial charge in [-0.25, -0.2) is 9.18 Å². The van der Waals surface area contributed by atoms with Crippen LogP contribution in [0.1, 0.15) is 13.8 Å². The maximum absolute atomic E-state index is 13.0. The second-order valence-electron chi connectivity index (χ2n) is 7.15. The van der Waals surface area contributed by atoms with Gasteiger partial charge in [-0.2, -0.15) is 0 Å². The van der Waals surface area contributed by atoms with Gasteiger partial charge in [0, 0.05) is 17.9 Å². The average molecular weight is 383 g/mol. The van der Waals surface area contributed by atoms with Crippen LogP contribution >= 0.6 is 0 Å². The van der Waals surface area contributed by atoms with Crippen LogP contribution in [0, 0.1) is 11.2 Å². The van der Waals surface area contributed by atoms with Crippen molar-refractivity contribution in [3.05, 3.63) is 60.9 Å². The molecule has 1 aliphatic rings. The van der Waals surface area contributed by atoms with E-state index >= 15 is 0 Å². The van der Waals surface area contributed by atoms with Gasteiger partial charge in [-0.1, -0.05) is 6.08 Å². The molecule has 2 aromatic carbocycles. The summed E-state index contributed by atoms with van der Waals surface area (Å²) in [5.41, 5.74) is 0.830. The molecule has 2 aromatic rings. The van der Waals surface area contributed by atoms with Gasteiger partial charge < -0.3 is 20.3 Å². The third-order valence-corrected chi connectivity index (χ3v) is 4.33. The smallest absolute Gasteiger partial charge is 0.323 e. The van der Waals surface area contributed by atoms with E-state index in [4.69, 9.17) is 4.74 Å². The van der Waals surface area contributed by atoms with Crippen LogP contribution in [0.2, 0.25) is 0 Å². The lowest BCUT2D eigenvalue weighted by molar-refractivity contribution is -0.127. The number of hydrogen-bond donors (Lipinski definition) is 2. The van der Waals surface area contributed by atoms with Crippen molar-refractivity contribution in [3.8, 4) is 5.75 Å². The SMILES string of the molecule is C=CCN1C(=O)C(C)(C)COc2ccc(NC(=O)Nc3ccc(F)cc3)cc21. The first-order chi connectivity index (χ1) is 13.3. The van der Waals surface area contributed by atoms with Crippen LogP contribution in [0.15, 0.2) is 55.1 Å². The molecule has 7 heteroatoms. The van der Waals surface area contributed by atoms with Gasteiger partial charge in [-0.3, -0.25) is 4.79 Å². The first kappa shape index (κ1) is 19.4. The Labute approximate surface area is 163 Å². The number of rotatable bonds is 4. The van der Waals surface area contributed by atoms with E-state index in [-0.39, 0.29) is 18.3 Å². The zero-order valence-electron chi connectivity index (χ0n) is 15.8. The standard InChI is InChI=1S/C21H22FN3O3/c1-4-11-25-17-12-16(9-10-18(17)28-13-21(2,3)19(25)26)24-20(27)23-15-7-5-14(22)6-8-15/h4-10,12H,1,11,13H2,2-3H3,(H2,23,24,27). The first-order valence-corrected chi connectivity index (χ1v) is 8.83. The van der Waals surface area contributed by atoms with Gasteiger partial charge >= 0.3 is 6.03 Å². The van der Waals surface area contributed by atoms with Crippen LogP contribution in [0.25, 0.3) is 0 Å².